The molecule has 0 aliphatic rings. The Bertz CT molecular complexity index is 2780. The monoisotopic (exact) mass is 650 g/mol. The summed E-state index contributed by atoms with van der Waals surface area (Å²) in [6.07, 6.45) is 0. The average molecular weight is 651 g/mol. The Kier molecular flexibility index (Phi) is 6.22. The minimum absolute atomic E-state index is 0.870. The molecule has 7 aromatic carbocycles. The van der Waals surface area contributed by atoms with Crippen LogP contribution < -0.4 is 4.90 Å². The normalized spacial score (nSPS) is 11.8. The molecule has 10 rings (SSSR count). The molecule has 48 heavy (non-hydrogen) atoms. The Morgan fingerprint density at radius 1 is 0.479 bits per heavy atom. The molecule has 0 saturated carbocycles. The van der Waals surface area contributed by atoms with Gasteiger partial charge in [-0.25, -0.2) is 4.98 Å². The van der Waals surface area contributed by atoms with Crippen LogP contribution in [0.2, 0.25) is 0 Å². The maximum absolute atomic E-state index is 6.46. The van der Waals surface area contributed by atoms with Crippen molar-refractivity contribution in [2.24, 2.45) is 0 Å². The molecule has 5 heteroatoms. The van der Waals surface area contributed by atoms with Gasteiger partial charge in [0.15, 0.2) is 0 Å². The maximum Gasteiger partial charge on any atom is 0.137 e. The first-order valence-corrected chi connectivity index (χ1v) is 17.6. The number of anilines is 3. The van der Waals surface area contributed by atoms with Gasteiger partial charge >= 0.3 is 0 Å². The second-order valence-electron chi connectivity index (χ2n) is 12.0. The Hall–Kier alpha value is -5.75. The minimum atomic E-state index is 0.870. The second kappa shape index (κ2) is 10.9. The van der Waals surface area contributed by atoms with Gasteiger partial charge in [-0.1, -0.05) is 97.1 Å². The number of thiophene rings is 1. The van der Waals surface area contributed by atoms with Crippen molar-refractivity contribution in [1.29, 1.82) is 0 Å². The van der Waals surface area contributed by atoms with Gasteiger partial charge in [0.2, 0.25) is 0 Å². The predicted molar refractivity (Wildman–Crippen MR) is 205 cm³/mol. The van der Waals surface area contributed by atoms with Crippen LogP contribution >= 0.6 is 22.7 Å². The van der Waals surface area contributed by atoms with Crippen LogP contribution in [0, 0.1) is 0 Å². The standard InChI is InChI=1S/C43H26N2OS2/c1-3-10-27(11-4-1)28-18-20-30(21-19-28)45(35-15-9-17-39-40(35)32-14-7-8-16-38(32)47-39)31-22-24-36-33(26-31)41-37(46-36)25-23-34-42(41)48-43(44-34)29-12-5-2-6-13-29/h1-26H. The molecule has 3 nitrogen and oxygen atoms in total. The van der Waals surface area contributed by atoms with E-state index in [4.69, 9.17) is 9.40 Å². The van der Waals surface area contributed by atoms with E-state index in [-0.39, 0.29) is 0 Å². The zero-order chi connectivity index (χ0) is 31.6. The van der Waals surface area contributed by atoms with Crippen LogP contribution in [0.15, 0.2) is 162 Å². The number of rotatable bonds is 5. The highest BCUT2D eigenvalue weighted by atomic mass is 32.1. The maximum atomic E-state index is 6.46. The van der Waals surface area contributed by atoms with Crippen LogP contribution in [-0.4, -0.2) is 4.98 Å². The summed E-state index contributed by atoms with van der Waals surface area (Å²) in [5, 5.41) is 5.75. The molecule has 0 amide bonds. The van der Waals surface area contributed by atoms with Crippen LogP contribution in [-0.2, 0) is 0 Å². The molecule has 0 atom stereocenters. The van der Waals surface area contributed by atoms with Crippen molar-refractivity contribution in [3.05, 3.63) is 158 Å². The molecule has 3 heterocycles. The quantitative estimate of drug-likeness (QED) is 0.186. The molecule has 0 fully saturated rings. The predicted octanol–water partition coefficient (Wildman–Crippen LogP) is 13.4. The zero-order valence-electron chi connectivity index (χ0n) is 25.6. The van der Waals surface area contributed by atoms with Crippen molar-refractivity contribution in [3.63, 3.8) is 0 Å². The summed E-state index contributed by atoms with van der Waals surface area (Å²) in [7, 11) is 0. The third kappa shape index (κ3) is 4.36. The van der Waals surface area contributed by atoms with Gasteiger partial charge in [0.25, 0.3) is 0 Å². The fraction of sp³-hybridized carbons (Fsp3) is 0. The van der Waals surface area contributed by atoms with E-state index < -0.39 is 0 Å². The van der Waals surface area contributed by atoms with Crippen molar-refractivity contribution >= 4 is 92.1 Å². The lowest BCUT2D eigenvalue weighted by Crippen LogP contribution is -2.10. The lowest BCUT2D eigenvalue weighted by molar-refractivity contribution is 0.669. The van der Waals surface area contributed by atoms with Gasteiger partial charge in [0.1, 0.15) is 16.2 Å². The zero-order valence-corrected chi connectivity index (χ0v) is 27.3. The molecule has 3 aromatic heterocycles. The average Bonchev–Trinajstić information content (AvgIpc) is 3.86. The Labute approximate surface area is 284 Å². The van der Waals surface area contributed by atoms with E-state index in [0.29, 0.717) is 0 Å². The molecule has 0 bridgehead atoms. The first-order valence-electron chi connectivity index (χ1n) is 16.0. The highest BCUT2D eigenvalue weighted by Gasteiger charge is 2.21. The fourth-order valence-corrected chi connectivity index (χ4v) is 9.13. The summed E-state index contributed by atoms with van der Waals surface area (Å²) in [6.45, 7) is 0. The first-order chi connectivity index (χ1) is 23.8. The molecule has 0 unspecified atom stereocenters. The molecule has 0 spiro atoms. The van der Waals surface area contributed by atoms with Gasteiger partial charge in [-0.3, -0.25) is 0 Å². The molecule has 0 aliphatic heterocycles. The minimum Gasteiger partial charge on any atom is -0.456 e. The molecule has 0 radical (unpaired) electrons. The largest absolute Gasteiger partial charge is 0.456 e. The summed E-state index contributed by atoms with van der Waals surface area (Å²) < 4.78 is 10.2. The van der Waals surface area contributed by atoms with E-state index in [1.807, 2.05) is 17.4 Å². The van der Waals surface area contributed by atoms with Crippen molar-refractivity contribution < 1.29 is 4.42 Å². The summed E-state index contributed by atoms with van der Waals surface area (Å²) in [4.78, 5) is 7.43. The number of benzene rings is 7. The van der Waals surface area contributed by atoms with Gasteiger partial charge in [-0.2, -0.15) is 0 Å². The van der Waals surface area contributed by atoms with Crippen LogP contribution in [0.5, 0.6) is 0 Å². The van der Waals surface area contributed by atoms with Gasteiger partial charge in [0, 0.05) is 47.9 Å². The third-order valence-electron chi connectivity index (χ3n) is 9.10. The molecule has 0 N–H and O–H groups in total. The molecular weight excluding hydrogens is 625 g/mol. The van der Waals surface area contributed by atoms with Gasteiger partial charge in [-0.15, -0.1) is 22.7 Å². The van der Waals surface area contributed by atoms with E-state index in [0.717, 1.165) is 59.8 Å². The SMILES string of the molecule is c1ccc(-c2ccc(N(c3ccc4oc5ccc6nc(-c7ccccc7)sc6c5c4c3)c3cccc4sc5ccccc5c34)cc2)cc1. The first kappa shape index (κ1) is 27.4. The van der Waals surface area contributed by atoms with Gasteiger partial charge < -0.3 is 9.32 Å². The van der Waals surface area contributed by atoms with Crippen LogP contribution in [0.4, 0.5) is 17.1 Å². The lowest BCUT2D eigenvalue weighted by Gasteiger charge is -2.27. The highest BCUT2D eigenvalue weighted by molar-refractivity contribution is 7.26. The Balaban J connectivity index is 1.21. The number of hydrogen-bond acceptors (Lipinski definition) is 5. The number of thiazole rings is 1. The summed E-state index contributed by atoms with van der Waals surface area (Å²) in [6, 6.07) is 56.0. The molecule has 0 aliphatic carbocycles. The van der Waals surface area contributed by atoms with E-state index in [1.54, 1.807) is 11.3 Å². The molecule has 0 saturated heterocycles. The van der Waals surface area contributed by atoms with Gasteiger partial charge in [-0.05, 0) is 71.8 Å². The topological polar surface area (TPSA) is 29.3 Å². The fourth-order valence-electron chi connectivity index (χ4n) is 6.88. The smallest absolute Gasteiger partial charge is 0.137 e. The van der Waals surface area contributed by atoms with Crippen LogP contribution in [0.1, 0.15) is 0 Å². The van der Waals surface area contributed by atoms with E-state index in [2.05, 4.69) is 157 Å². The highest BCUT2D eigenvalue weighted by Crippen LogP contribution is 2.47. The molecule has 10 aromatic rings. The Morgan fingerprint density at radius 3 is 2.00 bits per heavy atom. The van der Waals surface area contributed by atoms with Crippen molar-refractivity contribution in [2.45, 2.75) is 0 Å². The van der Waals surface area contributed by atoms with E-state index in [9.17, 15) is 0 Å². The number of fused-ring (bicyclic) bond motifs is 8. The summed E-state index contributed by atoms with van der Waals surface area (Å²) >= 11 is 3.57. The number of furan rings is 1. The van der Waals surface area contributed by atoms with Crippen molar-refractivity contribution in [3.8, 4) is 21.7 Å². The second-order valence-corrected chi connectivity index (χ2v) is 14.0. The lowest BCUT2D eigenvalue weighted by atomic mass is 10.0. The van der Waals surface area contributed by atoms with Crippen molar-refractivity contribution in [2.75, 3.05) is 4.90 Å². The number of hydrogen-bond donors (Lipinski definition) is 0. The molecule has 226 valence electrons. The van der Waals surface area contributed by atoms with E-state index >= 15 is 0 Å². The third-order valence-corrected chi connectivity index (χ3v) is 11.4. The molecular formula is C43H26N2OS2. The van der Waals surface area contributed by atoms with Gasteiger partial charge in [0.05, 0.1) is 15.9 Å². The number of aromatic nitrogens is 1. The van der Waals surface area contributed by atoms with Crippen molar-refractivity contribution in [1.82, 2.24) is 4.98 Å². The number of nitrogens with zero attached hydrogens (tertiary/aromatic N) is 2. The Morgan fingerprint density at radius 2 is 1.17 bits per heavy atom. The van der Waals surface area contributed by atoms with Crippen LogP contribution in [0.3, 0.4) is 0 Å². The van der Waals surface area contributed by atoms with E-state index in [1.165, 1.54) is 31.3 Å². The summed E-state index contributed by atoms with van der Waals surface area (Å²) in [5.41, 5.74) is 9.58. The van der Waals surface area contributed by atoms with Crippen LogP contribution in [0.25, 0.3) is 74.0 Å². The summed E-state index contributed by atoms with van der Waals surface area (Å²) in [5.74, 6) is 0.